The van der Waals surface area contributed by atoms with Crippen molar-refractivity contribution in [1.29, 1.82) is 0 Å². The second-order valence-corrected chi connectivity index (χ2v) is 2.53. The lowest BCUT2D eigenvalue weighted by Gasteiger charge is -2.10. The van der Waals surface area contributed by atoms with E-state index in [4.69, 9.17) is 10.2 Å². The van der Waals surface area contributed by atoms with Crippen LogP contribution in [0.4, 0.5) is 0 Å². The van der Waals surface area contributed by atoms with E-state index >= 15 is 0 Å². The fourth-order valence-corrected chi connectivity index (χ4v) is 0.733. The number of nitrogens with zero attached hydrogens (tertiary/aromatic N) is 1. The molecule has 0 fully saturated rings. The highest BCUT2D eigenvalue weighted by Gasteiger charge is 1.88. The van der Waals surface area contributed by atoms with Crippen LogP contribution in [-0.2, 0) is 0 Å². The van der Waals surface area contributed by atoms with Gasteiger partial charge in [-0.1, -0.05) is 24.3 Å². The maximum absolute atomic E-state index is 8.44. The smallest absolute Gasteiger partial charge is 0.0612 e. The molecule has 70 valence electrons. The minimum Gasteiger partial charge on any atom is -0.392 e. The number of hydrogen-bond donors (Lipinski definition) is 2. The zero-order chi connectivity index (χ0) is 9.23. The Bertz CT molecular complexity index is 127. The highest BCUT2D eigenvalue weighted by Crippen LogP contribution is 1.84. The Kier molecular flexibility index (Phi) is 8.01. The molecule has 3 nitrogen and oxygen atoms in total. The predicted molar refractivity (Wildman–Crippen MR) is 49.9 cm³/mol. The van der Waals surface area contributed by atoms with Crippen LogP contribution in [-0.4, -0.2) is 48.5 Å². The van der Waals surface area contributed by atoms with Gasteiger partial charge in [-0.3, -0.25) is 4.90 Å². The van der Waals surface area contributed by atoms with Gasteiger partial charge in [0.2, 0.25) is 0 Å². The SMILES string of the molecule is CN(C/C=C/CO)C/C=C/CO. The summed E-state index contributed by atoms with van der Waals surface area (Å²) >= 11 is 0. The molecule has 0 rings (SSSR count). The van der Waals surface area contributed by atoms with Crippen molar-refractivity contribution in [2.24, 2.45) is 0 Å². The van der Waals surface area contributed by atoms with Crippen LogP contribution >= 0.6 is 0 Å². The molecule has 0 aromatic carbocycles. The topological polar surface area (TPSA) is 43.7 Å². The van der Waals surface area contributed by atoms with Crippen molar-refractivity contribution in [2.45, 2.75) is 0 Å². The molecule has 12 heavy (non-hydrogen) atoms. The molecule has 0 unspecified atom stereocenters. The molecular formula is C9H17NO2. The Hall–Kier alpha value is -0.640. The van der Waals surface area contributed by atoms with Gasteiger partial charge in [-0.05, 0) is 7.05 Å². The van der Waals surface area contributed by atoms with E-state index in [-0.39, 0.29) is 13.2 Å². The standard InChI is InChI=1S/C9H17NO2/c1-10(6-2-4-8-11)7-3-5-9-12/h2-5,11-12H,6-9H2,1H3/b4-2+,5-3+. The van der Waals surface area contributed by atoms with E-state index < -0.39 is 0 Å². The summed E-state index contributed by atoms with van der Waals surface area (Å²) in [5.41, 5.74) is 0. The lowest BCUT2D eigenvalue weighted by molar-refractivity contribution is 0.339. The maximum atomic E-state index is 8.44. The van der Waals surface area contributed by atoms with Gasteiger partial charge >= 0.3 is 0 Å². The van der Waals surface area contributed by atoms with Crippen LogP contribution in [0.2, 0.25) is 0 Å². The van der Waals surface area contributed by atoms with Gasteiger partial charge in [-0.15, -0.1) is 0 Å². The van der Waals surface area contributed by atoms with E-state index in [2.05, 4.69) is 4.90 Å². The molecule has 0 spiro atoms. The van der Waals surface area contributed by atoms with Crippen LogP contribution in [0.3, 0.4) is 0 Å². The van der Waals surface area contributed by atoms with Crippen LogP contribution in [0, 0.1) is 0 Å². The van der Waals surface area contributed by atoms with Gasteiger partial charge in [0.25, 0.3) is 0 Å². The van der Waals surface area contributed by atoms with Crippen molar-refractivity contribution < 1.29 is 10.2 Å². The summed E-state index contributed by atoms with van der Waals surface area (Å²) in [4.78, 5) is 2.07. The molecule has 0 heterocycles. The molecule has 2 N–H and O–H groups in total. The second kappa shape index (κ2) is 8.46. The average Bonchev–Trinajstić information content (AvgIpc) is 2.06. The maximum Gasteiger partial charge on any atom is 0.0612 e. The normalized spacial score (nSPS) is 12.3. The molecule has 0 aliphatic heterocycles. The van der Waals surface area contributed by atoms with Gasteiger partial charge in [-0.25, -0.2) is 0 Å². The molecule has 0 aliphatic rings. The fourth-order valence-electron chi connectivity index (χ4n) is 0.733. The first-order valence-corrected chi connectivity index (χ1v) is 4.01. The fraction of sp³-hybridized carbons (Fsp3) is 0.556. The molecule has 0 aromatic rings. The highest BCUT2D eigenvalue weighted by molar-refractivity contribution is 4.88. The Morgan fingerprint density at radius 2 is 1.33 bits per heavy atom. The Morgan fingerprint density at radius 1 is 0.917 bits per heavy atom. The van der Waals surface area contributed by atoms with Gasteiger partial charge in [0.1, 0.15) is 0 Å². The van der Waals surface area contributed by atoms with Gasteiger partial charge in [0.15, 0.2) is 0 Å². The number of hydrogen-bond acceptors (Lipinski definition) is 3. The van der Waals surface area contributed by atoms with Crippen LogP contribution in [0.5, 0.6) is 0 Å². The predicted octanol–water partition coefficient (Wildman–Crippen LogP) is 0.0152. The van der Waals surface area contributed by atoms with Crippen molar-refractivity contribution in [3.8, 4) is 0 Å². The molecule has 0 bridgehead atoms. The van der Waals surface area contributed by atoms with Crippen molar-refractivity contribution in [3.63, 3.8) is 0 Å². The lowest BCUT2D eigenvalue weighted by atomic mass is 10.4. The monoisotopic (exact) mass is 171 g/mol. The molecule has 0 saturated carbocycles. The van der Waals surface area contributed by atoms with Gasteiger partial charge in [0, 0.05) is 13.1 Å². The first-order chi connectivity index (χ1) is 5.81. The Labute approximate surface area is 73.6 Å². The highest BCUT2D eigenvalue weighted by atomic mass is 16.3. The summed E-state index contributed by atoms with van der Waals surface area (Å²) < 4.78 is 0. The third-order valence-electron chi connectivity index (χ3n) is 1.38. The van der Waals surface area contributed by atoms with Gasteiger partial charge in [-0.2, -0.15) is 0 Å². The van der Waals surface area contributed by atoms with E-state index in [1.165, 1.54) is 0 Å². The Morgan fingerprint density at radius 3 is 1.67 bits per heavy atom. The number of likely N-dealkylation sites (N-methyl/N-ethyl adjacent to an activating group) is 1. The average molecular weight is 171 g/mol. The summed E-state index contributed by atoms with van der Waals surface area (Å²) in [6, 6.07) is 0. The zero-order valence-electron chi connectivity index (χ0n) is 7.48. The summed E-state index contributed by atoms with van der Waals surface area (Å²) in [6.07, 6.45) is 7.25. The van der Waals surface area contributed by atoms with Crippen LogP contribution in [0.15, 0.2) is 24.3 Å². The molecule has 3 heteroatoms. The Balaban J connectivity index is 3.39. The summed E-state index contributed by atoms with van der Waals surface area (Å²) in [5, 5.41) is 16.9. The van der Waals surface area contributed by atoms with Crippen molar-refractivity contribution >= 4 is 0 Å². The first kappa shape index (κ1) is 11.4. The zero-order valence-corrected chi connectivity index (χ0v) is 7.48. The number of aliphatic hydroxyl groups is 2. The summed E-state index contributed by atoms with van der Waals surface area (Å²) in [5.74, 6) is 0. The van der Waals surface area contributed by atoms with Crippen molar-refractivity contribution in [1.82, 2.24) is 4.90 Å². The number of aliphatic hydroxyl groups excluding tert-OH is 2. The molecule has 0 atom stereocenters. The van der Waals surface area contributed by atoms with E-state index in [9.17, 15) is 0 Å². The molecule has 0 aromatic heterocycles. The minimum atomic E-state index is 0.0975. The molecule has 0 radical (unpaired) electrons. The largest absolute Gasteiger partial charge is 0.392 e. The van der Waals surface area contributed by atoms with Gasteiger partial charge < -0.3 is 10.2 Å². The van der Waals surface area contributed by atoms with Crippen LogP contribution in [0.1, 0.15) is 0 Å². The molecule has 0 amide bonds. The van der Waals surface area contributed by atoms with E-state index in [1.807, 2.05) is 19.2 Å². The van der Waals surface area contributed by atoms with Gasteiger partial charge in [0.05, 0.1) is 13.2 Å². The van der Waals surface area contributed by atoms with E-state index in [0.717, 1.165) is 13.1 Å². The second-order valence-electron chi connectivity index (χ2n) is 2.53. The van der Waals surface area contributed by atoms with E-state index in [1.54, 1.807) is 12.2 Å². The first-order valence-electron chi connectivity index (χ1n) is 4.01. The summed E-state index contributed by atoms with van der Waals surface area (Å²) in [6.45, 7) is 1.83. The number of rotatable bonds is 6. The summed E-state index contributed by atoms with van der Waals surface area (Å²) in [7, 11) is 1.98. The van der Waals surface area contributed by atoms with Crippen LogP contribution in [0.25, 0.3) is 0 Å². The quantitative estimate of drug-likeness (QED) is 0.553. The third-order valence-corrected chi connectivity index (χ3v) is 1.38. The lowest BCUT2D eigenvalue weighted by Crippen LogP contribution is -2.18. The molecule has 0 saturated heterocycles. The molecule has 0 aliphatic carbocycles. The molecular weight excluding hydrogens is 154 g/mol. The van der Waals surface area contributed by atoms with Crippen LogP contribution < -0.4 is 0 Å². The minimum absolute atomic E-state index is 0.0975. The van der Waals surface area contributed by atoms with E-state index in [0.29, 0.717) is 0 Å². The van der Waals surface area contributed by atoms with Crippen molar-refractivity contribution in [2.75, 3.05) is 33.4 Å². The van der Waals surface area contributed by atoms with Crippen molar-refractivity contribution in [3.05, 3.63) is 24.3 Å². The third kappa shape index (κ3) is 7.47.